The van der Waals surface area contributed by atoms with E-state index < -0.39 is 49.4 Å². The summed E-state index contributed by atoms with van der Waals surface area (Å²) in [7, 11) is 0. The van der Waals surface area contributed by atoms with Gasteiger partial charge in [0.2, 0.25) is 0 Å². The Kier molecular flexibility index (Phi) is 36.6. The first-order valence-corrected chi connectivity index (χ1v) is 22.7. The highest BCUT2D eigenvalue weighted by Gasteiger charge is 2.44. The van der Waals surface area contributed by atoms with Crippen molar-refractivity contribution in [2.24, 2.45) is 0 Å². The van der Waals surface area contributed by atoms with Crippen molar-refractivity contribution in [1.29, 1.82) is 0 Å². The zero-order valence-electron chi connectivity index (χ0n) is 36.3. The van der Waals surface area contributed by atoms with Gasteiger partial charge in [-0.15, -0.1) is 0 Å². The van der Waals surface area contributed by atoms with Gasteiger partial charge >= 0.3 is 5.97 Å². The van der Waals surface area contributed by atoms with Crippen LogP contribution in [0.4, 0.5) is 0 Å². The molecule has 58 heavy (non-hydrogen) atoms. The second kappa shape index (κ2) is 39.8. The van der Waals surface area contributed by atoms with Crippen LogP contribution in [0.3, 0.4) is 0 Å². The quantitative estimate of drug-likeness (QED) is 0.0275. The van der Waals surface area contributed by atoms with Crippen LogP contribution in [0.5, 0.6) is 0 Å². The van der Waals surface area contributed by atoms with Crippen molar-refractivity contribution in [3.8, 4) is 0 Å². The van der Waals surface area contributed by atoms with Crippen LogP contribution < -0.4 is 0 Å². The number of carbonyl (C=O) groups excluding carboxylic acids is 1. The van der Waals surface area contributed by atoms with Gasteiger partial charge in [0.05, 0.1) is 19.8 Å². The third kappa shape index (κ3) is 30.4. The molecule has 0 aromatic carbocycles. The van der Waals surface area contributed by atoms with Crippen molar-refractivity contribution >= 4 is 5.97 Å². The molecular weight excluding hydrogens is 733 g/mol. The smallest absolute Gasteiger partial charge is 0.306 e. The lowest BCUT2D eigenvalue weighted by molar-refractivity contribution is -0.305. The van der Waals surface area contributed by atoms with Gasteiger partial charge in [0.1, 0.15) is 30.5 Å². The summed E-state index contributed by atoms with van der Waals surface area (Å²) >= 11 is 0. The molecular formula is C49H82O9. The van der Waals surface area contributed by atoms with Gasteiger partial charge in [-0.25, -0.2) is 0 Å². The minimum atomic E-state index is -1.55. The fourth-order valence-electron chi connectivity index (χ4n) is 6.28. The summed E-state index contributed by atoms with van der Waals surface area (Å²) in [6.07, 6.45) is 46.2. The van der Waals surface area contributed by atoms with E-state index >= 15 is 0 Å². The summed E-state index contributed by atoms with van der Waals surface area (Å²) in [4.78, 5) is 12.7. The van der Waals surface area contributed by atoms with Gasteiger partial charge in [-0.1, -0.05) is 157 Å². The number of unbranched alkanes of at least 4 members (excludes halogenated alkanes) is 12. The van der Waals surface area contributed by atoms with Gasteiger partial charge in [0, 0.05) is 13.0 Å². The first-order valence-electron chi connectivity index (χ1n) is 22.7. The van der Waals surface area contributed by atoms with Crippen molar-refractivity contribution in [2.45, 2.75) is 192 Å². The molecule has 6 atom stereocenters. The van der Waals surface area contributed by atoms with Gasteiger partial charge in [-0.2, -0.15) is 0 Å². The molecule has 1 saturated heterocycles. The lowest BCUT2D eigenvalue weighted by Crippen LogP contribution is -2.59. The van der Waals surface area contributed by atoms with Crippen LogP contribution in [-0.2, 0) is 23.7 Å². The molecule has 1 aliphatic rings. The SMILES string of the molecule is CC/C=C\C/C=C\C/C=C\C/C=C\C/C=C\C/C=C\CCC(=O)OC(COCCCCCCCC/C=C\CCCCCCCC)COC1OC(CO)C(O)C(O)C1O. The number of aliphatic hydroxyl groups is 4. The Hall–Kier alpha value is -2.63. The fourth-order valence-corrected chi connectivity index (χ4v) is 6.28. The van der Waals surface area contributed by atoms with E-state index in [-0.39, 0.29) is 19.6 Å². The predicted octanol–water partition coefficient (Wildman–Crippen LogP) is 10.2. The van der Waals surface area contributed by atoms with Crippen molar-refractivity contribution in [3.63, 3.8) is 0 Å². The topological polar surface area (TPSA) is 135 Å². The van der Waals surface area contributed by atoms with Crippen LogP contribution in [0.15, 0.2) is 85.1 Å². The van der Waals surface area contributed by atoms with E-state index in [9.17, 15) is 25.2 Å². The molecule has 0 radical (unpaired) electrons. The maximum atomic E-state index is 12.7. The largest absolute Gasteiger partial charge is 0.457 e. The maximum Gasteiger partial charge on any atom is 0.306 e. The Morgan fingerprint density at radius 2 is 1.05 bits per heavy atom. The van der Waals surface area contributed by atoms with E-state index in [1.54, 1.807) is 0 Å². The number of hydrogen-bond acceptors (Lipinski definition) is 9. The molecule has 1 rings (SSSR count). The average molecular weight is 815 g/mol. The summed E-state index contributed by atoms with van der Waals surface area (Å²) in [6.45, 7) is 4.32. The summed E-state index contributed by atoms with van der Waals surface area (Å²) in [5, 5.41) is 40.1. The summed E-state index contributed by atoms with van der Waals surface area (Å²) in [5.41, 5.74) is 0. The molecule has 9 nitrogen and oxygen atoms in total. The zero-order chi connectivity index (χ0) is 42.2. The summed E-state index contributed by atoms with van der Waals surface area (Å²) in [5.74, 6) is -0.400. The van der Waals surface area contributed by atoms with Gasteiger partial charge in [0.25, 0.3) is 0 Å². The number of aliphatic hydroxyl groups excluding tert-OH is 4. The molecule has 0 aliphatic carbocycles. The normalized spacial score (nSPS) is 21.1. The third-order valence-electron chi connectivity index (χ3n) is 9.81. The average Bonchev–Trinajstić information content (AvgIpc) is 3.22. The highest BCUT2D eigenvalue weighted by Crippen LogP contribution is 2.22. The molecule has 1 aliphatic heterocycles. The van der Waals surface area contributed by atoms with Gasteiger partial charge in [-0.05, 0) is 77.0 Å². The molecule has 1 fully saturated rings. The minimum absolute atomic E-state index is 0.105. The molecule has 332 valence electrons. The predicted molar refractivity (Wildman–Crippen MR) is 237 cm³/mol. The van der Waals surface area contributed by atoms with Crippen LogP contribution >= 0.6 is 0 Å². The second-order valence-electron chi connectivity index (χ2n) is 15.1. The Labute approximate surface area is 352 Å². The van der Waals surface area contributed by atoms with E-state index in [1.807, 2.05) is 12.2 Å². The Morgan fingerprint density at radius 3 is 1.59 bits per heavy atom. The molecule has 9 heteroatoms. The van der Waals surface area contributed by atoms with E-state index in [0.717, 1.165) is 64.2 Å². The third-order valence-corrected chi connectivity index (χ3v) is 9.81. The maximum absolute atomic E-state index is 12.7. The van der Waals surface area contributed by atoms with Crippen molar-refractivity contribution < 1.29 is 44.2 Å². The van der Waals surface area contributed by atoms with E-state index in [2.05, 4.69) is 86.8 Å². The minimum Gasteiger partial charge on any atom is -0.457 e. The van der Waals surface area contributed by atoms with Crippen LogP contribution in [0.2, 0.25) is 0 Å². The molecule has 1 heterocycles. The fraction of sp³-hybridized carbons (Fsp3) is 0.694. The Morgan fingerprint density at radius 1 is 0.569 bits per heavy atom. The number of hydrogen-bond donors (Lipinski definition) is 4. The number of rotatable bonds is 37. The standard InChI is InChI=1S/C49H82O9/c1-3-5-7-9-11-13-15-17-19-21-22-23-24-26-28-30-32-34-36-38-45(51)57-43(42-56-49-48(54)47(53)46(52)44(40-50)58-49)41-55-39-37-35-33-31-29-27-25-20-18-16-14-12-10-8-6-4-2/h5,7,11,13,17-20,22-23,26,28,32,34,43-44,46-50,52-54H,3-4,6,8-10,12,14-16,21,24-25,27,29-31,33,35-42H2,1-2H3/b7-5-,13-11-,19-17-,20-18-,23-22-,28-26-,34-32-. The first kappa shape index (κ1) is 53.4. The number of carbonyl (C=O) groups is 1. The molecule has 0 saturated carbocycles. The molecule has 0 amide bonds. The van der Waals surface area contributed by atoms with Crippen molar-refractivity contribution in [1.82, 2.24) is 0 Å². The van der Waals surface area contributed by atoms with E-state index in [1.165, 1.54) is 64.2 Å². The van der Waals surface area contributed by atoms with E-state index in [4.69, 9.17) is 18.9 Å². The lowest BCUT2D eigenvalue weighted by atomic mass is 9.99. The van der Waals surface area contributed by atoms with Gasteiger partial charge in [-0.3, -0.25) is 4.79 Å². The monoisotopic (exact) mass is 815 g/mol. The van der Waals surface area contributed by atoms with Gasteiger partial charge < -0.3 is 39.4 Å². The zero-order valence-corrected chi connectivity index (χ0v) is 36.3. The van der Waals surface area contributed by atoms with Crippen LogP contribution in [0.1, 0.15) is 155 Å². The molecule has 0 bridgehead atoms. The summed E-state index contributed by atoms with van der Waals surface area (Å²) < 4.78 is 22.7. The molecule has 0 aromatic rings. The lowest BCUT2D eigenvalue weighted by Gasteiger charge is -2.39. The molecule has 6 unspecified atom stereocenters. The van der Waals surface area contributed by atoms with Crippen LogP contribution in [0.25, 0.3) is 0 Å². The van der Waals surface area contributed by atoms with Crippen molar-refractivity contribution in [3.05, 3.63) is 85.1 Å². The highest BCUT2D eigenvalue weighted by molar-refractivity contribution is 5.69. The van der Waals surface area contributed by atoms with Crippen LogP contribution in [0, 0.1) is 0 Å². The van der Waals surface area contributed by atoms with E-state index in [0.29, 0.717) is 13.0 Å². The molecule has 4 N–H and O–H groups in total. The second-order valence-corrected chi connectivity index (χ2v) is 15.1. The van der Waals surface area contributed by atoms with Gasteiger partial charge in [0.15, 0.2) is 6.29 Å². The number of ether oxygens (including phenoxy) is 4. The first-order chi connectivity index (χ1) is 28.4. The number of allylic oxidation sites excluding steroid dienone is 14. The Balaban J connectivity index is 2.34. The Bertz CT molecular complexity index is 1150. The number of esters is 1. The summed E-state index contributed by atoms with van der Waals surface area (Å²) in [6, 6.07) is 0. The van der Waals surface area contributed by atoms with Crippen LogP contribution in [-0.4, -0.2) is 89.6 Å². The van der Waals surface area contributed by atoms with Crippen molar-refractivity contribution in [2.75, 3.05) is 26.4 Å². The molecule has 0 aromatic heterocycles. The highest BCUT2D eigenvalue weighted by atomic mass is 16.7. The molecule has 0 spiro atoms.